The van der Waals surface area contributed by atoms with Crippen molar-refractivity contribution in [3.8, 4) is 11.1 Å². The van der Waals surface area contributed by atoms with Gasteiger partial charge in [0, 0.05) is 43.3 Å². The molecule has 0 aliphatic carbocycles. The number of anilines is 1. The Hall–Kier alpha value is -2.61. The number of benzene rings is 2. The molecule has 1 fully saturated rings. The van der Waals surface area contributed by atoms with Gasteiger partial charge < -0.3 is 20.1 Å². The number of halogens is 2. The van der Waals surface area contributed by atoms with Crippen molar-refractivity contribution in [3.63, 3.8) is 0 Å². The molecule has 0 radical (unpaired) electrons. The maximum Gasteiger partial charge on any atom is 0.137 e. The van der Waals surface area contributed by atoms with Crippen molar-refractivity contribution >= 4 is 16.7 Å². The summed E-state index contributed by atoms with van der Waals surface area (Å²) >= 11 is 0. The Morgan fingerprint density at radius 1 is 1.10 bits per heavy atom. The predicted octanol–water partition coefficient (Wildman–Crippen LogP) is 3.75. The van der Waals surface area contributed by atoms with Crippen LogP contribution in [-0.2, 0) is 9.47 Å². The third kappa shape index (κ3) is 4.43. The van der Waals surface area contributed by atoms with E-state index in [0.29, 0.717) is 43.2 Å². The number of ether oxygens (including phenoxy) is 2. The van der Waals surface area contributed by atoms with Gasteiger partial charge in [0.25, 0.3) is 0 Å². The minimum absolute atomic E-state index is 0.0892. The highest BCUT2D eigenvalue weighted by molar-refractivity contribution is 5.89. The van der Waals surface area contributed by atoms with Gasteiger partial charge in [-0.3, -0.25) is 0 Å². The average molecular weight is 413 g/mol. The number of piperidine rings is 1. The van der Waals surface area contributed by atoms with E-state index in [4.69, 9.17) is 20.2 Å². The Balaban J connectivity index is 1.75. The van der Waals surface area contributed by atoms with Crippen LogP contribution in [0.15, 0.2) is 48.5 Å². The van der Waals surface area contributed by atoms with Gasteiger partial charge in [-0.15, -0.1) is 0 Å². The summed E-state index contributed by atoms with van der Waals surface area (Å²) in [6, 6.07) is 13.1. The third-order valence-corrected chi connectivity index (χ3v) is 5.41. The van der Waals surface area contributed by atoms with Gasteiger partial charge in [0.05, 0.1) is 24.8 Å². The van der Waals surface area contributed by atoms with Gasteiger partial charge in [0.1, 0.15) is 17.5 Å². The van der Waals surface area contributed by atoms with Crippen molar-refractivity contribution in [2.24, 2.45) is 5.73 Å². The van der Waals surface area contributed by atoms with E-state index in [2.05, 4.69) is 4.90 Å². The van der Waals surface area contributed by atoms with E-state index in [1.165, 1.54) is 12.1 Å². The number of nitrogens with two attached hydrogens (primary N) is 1. The Kier molecular flexibility index (Phi) is 6.22. The third-order valence-electron chi connectivity index (χ3n) is 5.41. The molecular formula is C23H25F2N3O2. The van der Waals surface area contributed by atoms with Gasteiger partial charge in [0.2, 0.25) is 0 Å². The van der Waals surface area contributed by atoms with Crippen LogP contribution in [0.1, 0.15) is 6.42 Å². The molecule has 0 saturated carbocycles. The number of aromatic nitrogens is 1. The highest BCUT2D eigenvalue weighted by Crippen LogP contribution is 2.34. The summed E-state index contributed by atoms with van der Waals surface area (Å²) in [5.41, 5.74) is 8.22. The molecule has 0 bridgehead atoms. The van der Waals surface area contributed by atoms with Crippen molar-refractivity contribution in [2.45, 2.75) is 18.6 Å². The number of hydrogen-bond donors (Lipinski definition) is 1. The summed E-state index contributed by atoms with van der Waals surface area (Å²) in [4.78, 5) is 6.94. The first-order valence-electron chi connectivity index (χ1n) is 10.0. The van der Waals surface area contributed by atoms with Crippen LogP contribution in [0.3, 0.4) is 0 Å². The van der Waals surface area contributed by atoms with Crippen molar-refractivity contribution in [1.82, 2.24) is 4.98 Å². The summed E-state index contributed by atoms with van der Waals surface area (Å²) in [5.74, 6) is -0.568. The van der Waals surface area contributed by atoms with Crippen LogP contribution in [0.4, 0.5) is 14.6 Å². The number of rotatable bonds is 6. The molecule has 1 saturated heterocycles. The molecule has 158 valence electrons. The molecule has 2 heterocycles. The van der Waals surface area contributed by atoms with Gasteiger partial charge in [-0.1, -0.05) is 18.2 Å². The molecule has 5 nitrogen and oxygen atoms in total. The maximum absolute atomic E-state index is 14.0. The van der Waals surface area contributed by atoms with Crippen LogP contribution in [0, 0.1) is 11.6 Å². The number of hydrogen-bond acceptors (Lipinski definition) is 5. The number of nitrogens with zero attached hydrogens (tertiary/aromatic N) is 2. The quantitative estimate of drug-likeness (QED) is 0.624. The van der Waals surface area contributed by atoms with E-state index in [-0.39, 0.29) is 12.1 Å². The number of fused-ring (bicyclic) bond motifs is 1. The zero-order valence-electron chi connectivity index (χ0n) is 16.9. The van der Waals surface area contributed by atoms with Crippen molar-refractivity contribution in [1.29, 1.82) is 0 Å². The summed E-state index contributed by atoms with van der Waals surface area (Å²) in [5, 5.41) is 0.905. The van der Waals surface area contributed by atoms with E-state index in [0.717, 1.165) is 23.4 Å². The smallest absolute Gasteiger partial charge is 0.137 e. The molecule has 3 aromatic rings. The second-order valence-electron chi connectivity index (χ2n) is 7.51. The van der Waals surface area contributed by atoms with Crippen LogP contribution in [0.25, 0.3) is 22.0 Å². The van der Waals surface area contributed by atoms with Gasteiger partial charge >= 0.3 is 0 Å². The summed E-state index contributed by atoms with van der Waals surface area (Å²) < 4.78 is 38.9. The zero-order chi connectivity index (χ0) is 21.1. The standard InChI is InChI=1S/C23H25F2N3O2/c1-29-8-9-30-22-14-28(7-6-20(22)26)23-19(16-10-17(24)13-18(25)11-16)12-15-4-2-3-5-21(15)27-23/h2-5,10-13,20,22H,6-9,14,26H2,1H3. The first-order valence-corrected chi connectivity index (χ1v) is 10.0. The van der Waals surface area contributed by atoms with Crippen LogP contribution in [-0.4, -0.2) is 50.5 Å². The summed E-state index contributed by atoms with van der Waals surface area (Å²) in [6.07, 6.45) is 0.544. The van der Waals surface area contributed by atoms with E-state index in [1.807, 2.05) is 30.3 Å². The topological polar surface area (TPSA) is 60.6 Å². The Morgan fingerprint density at radius 3 is 2.63 bits per heavy atom. The van der Waals surface area contributed by atoms with Crippen molar-refractivity contribution in [2.75, 3.05) is 38.3 Å². The summed E-state index contributed by atoms with van der Waals surface area (Å²) in [6.45, 7) is 2.17. The highest BCUT2D eigenvalue weighted by Gasteiger charge is 2.29. The number of para-hydroxylation sites is 1. The zero-order valence-corrected chi connectivity index (χ0v) is 16.9. The van der Waals surface area contributed by atoms with Crippen LogP contribution in [0.5, 0.6) is 0 Å². The van der Waals surface area contributed by atoms with Gasteiger partial charge in [-0.05, 0) is 36.2 Å². The maximum atomic E-state index is 14.0. The second kappa shape index (κ2) is 9.04. The second-order valence-corrected chi connectivity index (χ2v) is 7.51. The van der Waals surface area contributed by atoms with E-state index < -0.39 is 11.6 Å². The van der Waals surface area contributed by atoms with Crippen molar-refractivity contribution in [3.05, 3.63) is 60.2 Å². The molecule has 4 rings (SSSR count). The molecule has 2 unspecified atom stereocenters. The molecule has 2 N–H and O–H groups in total. The predicted molar refractivity (Wildman–Crippen MR) is 114 cm³/mol. The molecule has 2 atom stereocenters. The minimum atomic E-state index is -0.620. The molecule has 7 heteroatoms. The Morgan fingerprint density at radius 2 is 1.87 bits per heavy atom. The molecule has 2 aromatic carbocycles. The van der Waals surface area contributed by atoms with Crippen LogP contribution < -0.4 is 10.6 Å². The average Bonchev–Trinajstić information content (AvgIpc) is 2.73. The first kappa shape index (κ1) is 20.7. The van der Waals surface area contributed by atoms with E-state index in [1.54, 1.807) is 7.11 Å². The molecule has 0 amide bonds. The lowest BCUT2D eigenvalue weighted by Gasteiger charge is -2.38. The van der Waals surface area contributed by atoms with Gasteiger partial charge in [0.15, 0.2) is 0 Å². The van der Waals surface area contributed by atoms with E-state index >= 15 is 0 Å². The molecule has 30 heavy (non-hydrogen) atoms. The molecular weight excluding hydrogens is 388 g/mol. The van der Waals surface area contributed by atoms with Gasteiger partial charge in [-0.2, -0.15) is 0 Å². The highest BCUT2D eigenvalue weighted by atomic mass is 19.1. The normalized spacial score (nSPS) is 19.4. The lowest BCUT2D eigenvalue weighted by Crippen LogP contribution is -2.52. The first-order chi connectivity index (χ1) is 14.5. The lowest BCUT2D eigenvalue weighted by molar-refractivity contribution is 0.00157. The fraction of sp³-hybridized carbons (Fsp3) is 0.348. The molecule has 1 aliphatic rings. The van der Waals surface area contributed by atoms with Gasteiger partial charge in [-0.25, -0.2) is 13.8 Å². The summed E-state index contributed by atoms with van der Waals surface area (Å²) in [7, 11) is 1.62. The molecule has 1 aliphatic heterocycles. The van der Waals surface area contributed by atoms with Crippen LogP contribution in [0.2, 0.25) is 0 Å². The number of pyridine rings is 1. The largest absolute Gasteiger partial charge is 0.382 e. The lowest BCUT2D eigenvalue weighted by atomic mass is 9.99. The Labute approximate surface area is 174 Å². The minimum Gasteiger partial charge on any atom is -0.382 e. The fourth-order valence-electron chi connectivity index (χ4n) is 3.85. The number of methoxy groups -OCH3 is 1. The fourth-order valence-corrected chi connectivity index (χ4v) is 3.85. The SMILES string of the molecule is COCCOC1CN(c2nc3ccccc3cc2-c2cc(F)cc(F)c2)CCC1N. The molecule has 0 spiro atoms. The van der Waals surface area contributed by atoms with Crippen molar-refractivity contribution < 1.29 is 18.3 Å². The Bertz CT molecular complexity index is 1010. The van der Waals surface area contributed by atoms with E-state index in [9.17, 15) is 8.78 Å². The molecule has 1 aromatic heterocycles. The monoisotopic (exact) mass is 413 g/mol. The van der Waals surface area contributed by atoms with Crippen LogP contribution >= 0.6 is 0 Å².